The first-order valence-electron chi connectivity index (χ1n) is 4.61. The Morgan fingerprint density at radius 3 is 2.50 bits per heavy atom. The fourth-order valence-corrected chi connectivity index (χ4v) is 1.21. The Kier molecular flexibility index (Phi) is 4.29. The fourth-order valence-electron chi connectivity index (χ4n) is 1.21. The molecule has 0 aliphatic heterocycles. The van der Waals surface area contributed by atoms with Crippen LogP contribution >= 0.6 is 0 Å². The van der Waals surface area contributed by atoms with Crippen molar-refractivity contribution >= 4 is 5.78 Å². The maximum atomic E-state index is 11.5. The number of carbonyl (C=O) groups excluding carboxylic acids is 1. The third kappa shape index (κ3) is 3.28. The zero-order valence-electron chi connectivity index (χ0n) is 7.89. The van der Waals surface area contributed by atoms with Gasteiger partial charge in [0.15, 0.2) is 5.78 Å². The first-order chi connectivity index (χ1) is 6.74. The van der Waals surface area contributed by atoms with E-state index in [1.54, 1.807) is 24.3 Å². The molecule has 14 heavy (non-hydrogen) atoms. The molecule has 1 rings (SSSR count). The molecule has 1 aromatic carbocycles. The van der Waals surface area contributed by atoms with Crippen LogP contribution in [0.15, 0.2) is 30.3 Å². The predicted octanol–water partition coefficient (Wildman–Crippen LogP) is 1.00. The van der Waals surface area contributed by atoms with Crippen LogP contribution in [0.3, 0.4) is 0 Å². The molecule has 0 fully saturated rings. The Morgan fingerprint density at radius 1 is 1.29 bits per heavy atom. The van der Waals surface area contributed by atoms with E-state index < -0.39 is 6.10 Å². The van der Waals surface area contributed by atoms with Gasteiger partial charge in [-0.1, -0.05) is 30.3 Å². The van der Waals surface area contributed by atoms with Crippen molar-refractivity contribution in [2.24, 2.45) is 0 Å². The average molecular weight is 194 g/mol. The van der Waals surface area contributed by atoms with E-state index in [0.717, 1.165) is 0 Å². The molecule has 0 spiro atoms. The van der Waals surface area contributed by atoms with Gasteiger partial charge in [-0.2, -0.15) is 0 Å². The van der Waals surface area contributed by atoms with Gasteiger partial charge in [0.2, 0.25) is 0 Å². The Balaban J connectivity index is 2.51. The molecule has 0 saturated carbocycles. The quantitative estimate of drug-likeness (QED) is 0.687. The van der Waals surface area contributed by atoms with Crippen LogP contribution in [0.1, 0.15) is 23.2 Å². The standard InChI is InChI=1S/C11H14O3/c12-7-6-10(13)8-11(14)9-4-2-1-3-5-9/h1-5,10,12-13H,6-8H2/t10-/m1/s1. The van der Waals surface area contributed by atoms with E-state index in [0.29, 0.717) is 5.56 Å². The lowest BCUT2D eigenvalue weighted by atomic mass is 10.0. The summed E-state index contributed by atoms with van der Waals surface area (Å²) < 4.78 is 0. The molecular formula is C11H14O3. The molecule has 0 unspecified atom stereocenters. The van der Waals surface area contributed by atoms with E-state index in [-0.39, 0.29) is 25.2 Å². The van der Waals surface area contributed by atoms with Crippen LogP contribution in [0.5, 0.6) is 0 Å². The van der Waals surface area contributed by atoms with E-state index in [9.17, 15) is 9.90 Å². The Hall–Kier alpha value is -1.19. The summed E-state index contributed by atoms with van der Waals surface area (Å²) in [5, 5.41) is 17.8. The van der Waals surface area contributed by atoms with Crippen LogP contribution < -0.4 is 0 Å². The molecule has 3 nitrogen and oxygen atoms in total. The molecule has 76 valence electrons. The summed E-state index contributed by atoms with van der Waals surface area (Å²) in [5.74, 6) is -0.0912. The molecule has 1 aromatic rings. The van der Waals surface area contributed by atoms with Crippen molar-refractivity contribution in [1.82, 2.24) is 0 Å². The van der Waals surface area contributed by atoms with Gasteiger partial charge in [0.05, 0.1) is 6.10 Å². The van der Waals surface area contributed by atoms with Crippen LogP contribution in [0.4, 0.5) is 0 Å². The second kappa shape index (κ2) is 5.52. The van der Waals surface area contributed by atoms with Crippen molar-refractivity contribution in [3.05, 3.63) is 35.9 Å². The molecule has 0 aliphatic carbocycles. The van der Waals surface area contributed by atoms with Gasteiger partial charge in [-0.25, -0.2) is 0 Å². The molecule has 0 saturated heterocycles. The van der Waals surface area contributed by atoms with Gasteiger partial charge in [0, 0.05) is 18.6 Å². The number of aliphatic hydroxyl groups is 2. The third-order valence-electron chi connectivity index (χ3n) is 1.98. The number of hydrogen-bond donors (Lipinski definition) is 2. The minimum Gasteiger partial charge on any atom is -0.396 e. The summed E-state index contributed by atoms with van der Waals surface area (Å²) in [5.41, 5.74) is 0.601. The molecule has 0 radical (unpaired) electrons. The van der Waals surface area contributed by atoms with Crippen LogP contribution in [0, 0.1) is 0 Å². The maximum Gasteiger partial charge on any atom is 0.165 e. The number of benzene rings is 1. The van der Waals surface area contributed by atoms with E-state index in [2.05, 4.69) is 0 Å². The summed E-state index contributed by atoms with van der Waals surface area (Å²) in [6.07, 6.45) is -0.420. The highest BCUT2D eigenvalue weighted by Crippen LogP contribution is 2.06. The van der Waals surface area contributed by atoms with Crippen LogP contribution in [0.2, 0.25) is 0 Å². The molecule has 0 bridgehead atoms. The van der Waals surface area contributed by atoms with Crippen LogP contribution in [-0.2, 0) is 0 Å². The van der Waals surface area contributed by atoms with Gasteiger partial charge in [0.1, 0.15) is 0 Å². The zero-order chi connectivity index (χ0) is 10.4. The lowest BCUT2D eigenvalue weighted by molar-refractivity contribution is 0.0830. The lowest BCUT2D eigenvalue weighted by Crippen LogP contribution is -2.14. The predicted molar refractivity (Wildman–Crippen MR) is 53.1 cm³/mol. The Morgan fingerprint density at radius 2 is 1.93 bits per heavy atom. The molecule has 3 heteroatoms. The van der Waals surface area contributed by atoms with Crippen molar-refractivity contribution < 1.29 is 15.0 Å². The molecule has 1 atom stereocenters. The van der Waals surface area contributed by atoms with Crippen LogP contribution in [0.25, 0.3) is 0 Å². The Bertz CT molecular complexity index is 282. The highest BCUT2D eigenvalue weighted by molar-refractivity contribution is 5.96. The highest BCUT2D eigenvalue weighted by Gasteiger charge is 2.11. The van der Waals surface area contributed by atoms with Gasteiger partial charge in [0.25, 0.3) is 0 Å². The topological polar surface area (TPSA) is 57.5 Å². The SMILES string of the molecule is O=C(C[C@H](O)CCO)c1ccccc1. The third-order valence-corrected chi connectivity index (χ3v) is 1.98. The molecular weight excluding hydrogens is 180 g/mol. The number of rotatable bonds is 5. The van der Waals surface area contributed by atoms with E-state index in [1.807, 2.05) is 6.07 Å². The van der Waals surface area contributed by atoms with Crippen molar-refractivity contribution in [3.8, 4) is 0 Å². The summed E-state index contributed by atoms with van der Waals surface area (Å²) in [6, 6.07) is 8.83. The minimum absolute atomic E-state index is 0.0740. The van der Waals surface area contributed by atoms with E-state index >= 15 is 0 Å². The zero-order valence-corrected chi connectivity index (χ0v) is 7.89. The maximum absolute atomic E-state index is 11.5. The first kappa shape index (κ1) is 10.9. The molecule has 0 heterocycles. The van der Waals surface area contributed by atoms with E-state index in [1.165, 1.54) is 0 Å². The largest absolute Gasteiger partial charge is 0.396 e. The summed E-state index contributed by atoms with van der Waals surface area (Å²) in [6.45, 7) is -0.0940. The van der Waals surface area contributed by atoms with Crippen molar-refractivity contribution in [1.29, 1.82) is 0 Å². The van der Waals surface area contributed by atoms with Crippen LogP contribution in [-0.4, -0.2) is 28.7 Å². The summed E-state index contributed by atoms with van der Waals surface area (Å²) in [4.78, 5) is 11.5. The number of Topliss-reactive ketones (excluding diaryl/α,β-unsaturated/α-hetero) is 1. The van der Waals surface area contributed by atoms with Gasteiger partial charge in [-0.15, -0.1) is 0 Å². The normalized spacial score (nSPS) is 12.4. The molecule has 0 aliphatic rings. The minimum atomic E-state index is -0.743. The second-order valence-corrected chi connectivity index (χ2v) is 3.16. The average Bonchev–Trinajstić information content (AvgIpc) is 2.19. The van der Waals surface area contributed by atoms with Crippen molar-refractivity contribution in [3.63, 3.8) is 0 Å². The van der Waals surface area contributed by atoms with Gasteiger partial charge < -0.3 is 10.2 Å². The van der Waals surface area contributed by atoms with Crippen molar-refractivity contribution in [2.45, 2.75) is 18.9 Å². The van der Waals surface area contributed by atoms with Crippen molar-refractivity contribution in [2.75, 3.05) is 6.61 Å². The smallest absolute Gasteiger partial charge is 0.165 e. The number of carbonyl (C=O) groups is 1. The Labute approximate surface area is 83.0 Å². The van der Waals surface area contributed by atoms with Gasteiger partial charge in [-0.3, -0.25) is 4.79 Å². The fraction of sp³-hybridized carbons (Fsp3) is 0.364. The van der Waals surface area contributed by atoms with Gasteiger partial charge >= 0.3 is 0 Å². The molecule has 2 N–H and O–H groups in total. The second-order valence-electron chi connectivity index (χ2n) is 3.16. The van der Waals surface area contributed by atoms with E-state index in [4.69, 9.17) is 5.11 Å². The molecule has 0 amide bonds. The lowest BCUT2D eigenvalue weighted by Gasteiger charge is -2.07. The summed E-state index contributed by atoms with van der Waals surface area (Å²) >= 11 is 0. The number of aliphatic hydroxyl groups excluding tert-OH is 2. The monoisotopic (exact) mass is 194 g/mol. The highest BCUT2D eigenvalue weighted by atomic mass is 16.3. The summed E-state index contributed by atoms with van der Waals surface area (Å²) in [7, 11) is 0. The first-order valence-corrected chi connectivity index (χ1v) is 4.61. The number of ketones is 1. The molecule has 0 aromatic heterocycles. The number of hydrogen-bond acceptors (Lipinski definition) is 3. The van der Waals surface area contributed by atoms with Gasteiger partial charge in [-0.05, 0) is 6.42 Å².